The fourth-order valence-corrected chi connectivity index (χ4v) is 1.29. The lowest BCUT2D eigenvalue weighted by Crippen LogP contribution is -2.58. The molecule has 0 aromatic carbocycles. The molecule has 1 unspecified atom stereocenters. The van der Waals surface area contributed by atoms with Gasteiger partial charge in [-0.2, -0.15) is 17.6 Å². The highest BCUT2D eigenvalue weighted by Gasteiger charge is 2.71. The van der Waals surface area contributed by atoms with E-state index in [1.54, 1.807) is 0 Å². The maximum Gasteiger partial charge on any atom is 0.313 e. The molecule has 1 aliphatic carbocycles. The molecule has 1 saturated carbocycles. The minimum atomic E-state index is -3.99. The second-order valence-corrected chi connectivity index (χ2v) is 3.13. The fraction of sp³-hybridized carbons (Fsp3) is 0.857. The smallest absolute Gasteiger partial charge is 0.300 e. The Labute approximate surface area is 66.7 Å². The van der Waals surface area contributed by atoms with Gasteiger partial charge in [0.05, 0.1) is 0 Å². The zero-order valence-electron chi connectivity index (χ0n) is 6.41. The number of alkyl halides is 4. The predicted molar refractivity (Wildman–Crippen MR) is 33.3 cm³/mol. The number of hydrogen-bond acceptors (Lipinski definition) is 1. The first-order valence-electron chi connectivity index (χ1n) is 3.52. The molecule has 0 aliphatic heterocycles. The molecule has 1 fully saturated rings. The van der Waals surface area contributed by atoms with Crippen molar-refractivity contribution in [2.45, 2.75) is 31.6 Å². The zero-order valence-corrected chi connectivity index (χ0v) is 6.41. The van der Waals surface area contributed by atoms with Gasteiger partial charge >= 0.3 is 11.8 Å². The molecular formula is C7H8F4O. The van der Waals surface area contributed by atoms with Gasteiger partial charge < -0.3 is 4.79 Å². The number of halogens is 4. The van der Waals surface area contributed by atoms with Crippen LogP contribution in [0.25, 0.3) is 0 Å². The van der Waals surface area contributed by atoms with E-state index in [0.29, 0.717) is 0 Å². The maximum absolute atomic E-state index is 12.4. The van der Waals surface area contributed by atoms with Gasteiger partial charge in [-0.1, -0.05) is 0 Å². The van der Waals surface area contributed by atoms with Crippen molar-refractivity contribution in [3.8, 4) is 0 Å². The van der Waals surface area contributed by atoms with Gasteiger partial charge in [0, 0.05) is 18.8 Å². The van der Waals surface area contributed by atoms with E-state index in [1.807, 2.05) is 0 Å². The van der Waals surface area contributed by atoms with E-state index >= 15 is 0 Å². The van der Waals surface area contributed by atoms with Crippen molar-refractivity contribution in [3.63, 3.8) is 0 Å². The number of rotatable bonds is 2. The van der Waals surface area contributed by atoms with Crippen LogP contribution in [0.2, 0.25) is 0 Å². The first-order valence-corrected chi connectivity index (χ1v) is 3.52. The van der Waals surface area contributed by atoms with Gasteiger partial charge in [-0.25, -0.2) is 0 Å². The van der Waals surface area contributed by atoms with Crippen molar-refractivity contribution < 1.29 is 22.4 Å². The first kappa shape index (κ1) is 9.48. The van der Waals surface area contributed by atoms with Gasteiger partial charge in [0.2, 0.25) is 0 Å². The van der Waals surface area contributed by atoms with Crippen molar-refractivity contribution in [2.75, 3.05) is 0 Å². The fourth-order valence-electron chi connectivity index (χ4n) is 1.29. The van der Waals surface area contributed by atoms with Crippen molar-refractivity contribution in [1.82, 2.24) is 0 Å². The van der Waals surface area contributed by atoms with Crippen LogP contribution in [0.3, 0.4) is 0 Å². The van der Waals surface area contributed by atoms with Crippen LogP contribution in [-0.2, 0) is 4.79 Å². The summed E-state index contributed by atoms with van der Waals surface area (Å²) in [6, 6.07) is 0. The second kappa shape index (κ2) is 2.44. The molecule has 12 heavy (non-hydrogen) atoms. The second-order valence-electron chi connectivity index (χ2n) is 3.13. The minimum Gasteiger partial charge on any atom is -0.300 e. The van der Waals surface area contributed by atoms with Gasteiger partial charge in [-0.15, -0.1) is 0 Å². The Kier molecular flexibility index (Phi) is 1.92. The van der Waals surface area contributed by atoms with E-state index in [1.165, 1.54) is 0 Å². The Morgan fingerprint density at radius 3 is 2.17 bits per heavy atom. The molecule has 70 valence electrons. The third-order valence-electron chi connectivity index (χ3n) is 2.04. The molecule has 1 rings (SSSR count). The molecule has 0 aromatic rings. The average molecular weight is 184 g/mol. The van der Waals surface area contributed by atoms with Gasteiger partial charge in [0.25, 0.3) is 0 Å². The summed E-state index contributed by atoms with van der Waals surface area (Å²) >= 11 is 0. The Balaban J connectivity index is 2.60. The Bertz CT molecular complexity index is 211. The zero-order chi connectivity index (χ0) is 9.57. The molecule has 0 aromatic heterocycles. The number of hydrogen-bond donors (Lipinski definition) is 0. The third-order valence-corrected chi connectivity index (χ3v) is 2.04. The lowest BCUT2D eigenvalue weighted by atomic mass is 9.74. The van der Waals surface area contributed by atoms with Crippen LogP contribution >= 0.6 is 0 Å². The molecule has 0 N–H and O–H groups in total. The van der Waals surface area contributed by atoms with Crippen LogP contribution in [-0.4, -0.2) is 17.6 Å². The number of carbonyl (C=O) groups excluding carboxylic acids is 1. The summed E-state index contributed by atoms with van der Waals surface area (Å²) in [5.41, 5.74) is 0. The van der Waals surface area contributed by atoms with Crippen LogP contribution in [0.4, 0.5) is 17.6 Å². The van der Waals surface area contributed by atoms with Crippen LogP contribution in [0.5, 0.6) is 0 Å². The highest BCUT2D eigenvalue weighted by Crippen LogP contribution is 2.56. The van der Waals surface area contributed by atoms with Crippen LogP contribution in [0.1, 0.15) is 19.8 Å². The van der Waals surface area contributed by atoms with Crippen LogP contribution < -0.4 is 0 Å². The third kappa shape index (κ3) is 1.21. The molecule has 0 spiro atoms. The molecular weight excluding hydrogens is 176 g/mol. The molecule has 1 aliphatic rings. The quantitative estimate of drug-likeness (QED) is 0.601. The summed E-state index contributed by atoms with van der Waals surface area (Å²) in [7, 11) is 0. The SMILES string of the molecule is CC(=O)CC1CC(F)(F)C1(F)F. The maximum atomic E-state index is 12.4. The monoisotopic (exact) mass is 184 g/mol. The molecule has 0 radical (unpaired) electrons. The van der Waals surface area contributed by atoms with Crippen LogP contribution in [0.15, 0.2) is 0 Å². The number of carbonyl (C=O) groups is 1. The van der Waals surface area contributed by atoms with E-state index in [2.05, 4.69) is 0 Å². The summed E-state index contributed by atoms with van der Waals surface area (Å²) in [4.78, 5) is 10.4. The Morgan fingerprint density at radius 2 is 1.92 bits per heavy atom. The van der Waals surface area contributed by atoms with Gasteiger partial charge in [-0.3, -0.25) is 0 Å². The first-order chi connectivity index (χ1) is 5.27. The van der Waals surface area contributed by atoms with Crippen molar-refractivity contribution in [1.29, 1.82) is 0 Å². The van der Waals surface area contributed by atoms with E-state index in [4.69, 9.17) is 0 Å². The normalized spacial score (nSPS) is 30.9. The van der Waals surface area contributed by atoms with Gasteiger partial charge in [0.1, 0.15) is 5.78 Å². The average Bonchev–Trinajstić information content (AvgIpc) is 1.85. The number of ketones is 1. The Hall–Kier alpha value is -0.610. The molecule has 5 heteroatoms. The number of Topliss-reactive ketones (excluding diaryl/α,β-unsaturated/α-hetero) is 1. The highest BCUT2D eigenvalue weighted by atomic mass is 19.3. The summed E-state index contributed by atoms with van der Waals surface area (Å²) in [5, 5.41) is 0. The summed E-state index contributed by atoms with van der Waals surface area (Å²) in [6.45, 7) is 1.12. The summed E-state index contributed by atoms with van der Waals surface area (Å²) in [6.07, 6.45) is -1.33. The largest absolute Gasteiger partial charge is 0.313 e. The molecule has 1 nitrogen and oxygen atoms in total. The van der Waals surface area contributed by atoms with Crippen molar-refractivity contribution in [3.05, 3.63) is 0 Å². The Morgan fingerprint density at radius 1 is 1.42 bits per heavy atom. The van der Waals surface area contributed by atoms with E-state index < -0.39 is 36.4 Å². The standard InChI is InChI=1S/C7H8F4O/c1-4(12)2-5-3-6(8,9)7(5,10)11/h5H,2-3H2,1H3. The summed E-state index contributed by atoms with van der Waals surface area (Å²) in [5.74, 6) is -9.84. The van der Waals surface area contributed by atoms with Crippen LogP contribution in [0, 0.1) is 5.92 Å². The van der Waals surface area contributed by atoms with Gasteiger partial charge in [0.15, 0.2) is 0 Å². The van der Waals surface area contributed by atoms with Crippen molar-refractivity contribution >= 4 is 5.78 Å². The molecule has 0 saturated heterocycles. The lowest BCUT2D eigenvalue weighted by Gasteiger charge is -2.43. The summed E-state index contributed by atoms with van der Waals surface area (Å²) < 4.78 is 49.2. The molecule has 0 heterocycles. The molecule has 0 bridgehead atoms. The van der Waals surface area contributed by atoms with E-state index in [9.17, 15) is 22.4 Å². The van der Waals surface area contributed by atoms with E-state index in [-0.39, 0.29) is 0 Å². The molecule has 1 atom stereocenters. The predicted octanol–water partition coefficient (Wildman–Crippen LogP) is 2.26. The van der Waals surface area contributed by atoms with Crippen molar-refractivity contribution in [2.24, 2.45) is 5.92 Å². The minimum absolute atomic E-state index is 0.456. The topological polar surface area (TPSA) is 17.1 Å². The van der Waals surface area contributed by atoms with Gasteiger partial charge in [-0.05, 0) is 6.92 Å². The lowest BCUT2D eigenvalue weighted by molar-refractivity contribution is -0.313. The highest BCUT2D eigenvalue weighted by molar-refractivity contribution is 5.76. The molecule has 0 amide bonds. The van der Waals surface area contributed by atoms with E-state index in [0.717, 1.165) is 6.92 Å².